The number of alkyl halides is 3. The maximum Gasteiger partial charge on any atom is 0.419 e. The van der Waals surface area contributed by atoms with Crippen LogP contribution >= 0.6 is 0 Å². The van der Waals surface area contributed by atoms with E-state index in [0.29, 0.717) is 0 Å². The second kappa shape index (κ2) is 2.76. The standard InChI is InChI=1S/C6H10F3N3O/c7-6(8,9)5(13)1-2-12(3-5)4(10)11/h13H,1-3H2,(H3,10,11). The number of nitrogens with two attached hydrogens (primary N) is 1. The topological polar surface area (TPSA) is 73.3 Å². The van der Waals surface area contributed by atoms with E-state index in [0.717, 1.165) is 4.90 Å². The number of hydrogen-bond acceptors (Lipinski definition) is 2. The molecule has 1 aliphatic heterocycles. The van der Waals surface area contributed by atoms with Crippen molar-refractivity contribution in [2.45, 2.75) is 18.2 Å². The molecule has 0 amide bonds. The normalized spacial score (nSPS) is 29.4. The van der Waals surface area contributed by atoms with Crippen molar-refractivity contribution >= 4 is 5.96 Å². The maximum atomic E-state index is 12.2. The Bertz CT molecular complexity index is 230. The summed E-state index contributed by atoms with van der Waals surface area (Å²) in [6.07, 6.45) is -5.09. The maximum absolute atomic E-state index is 12.2. The third kappa shape index (κ3) is 1.69. The highest BCUT2D eigenvalue weighted by molar-refractivity contribution is 5.75. The molecule has 0 spiro atoms. The van der Waals surface area contributed by atoms with Gasteiger partial charge in [-0.1, -0.05) is 0 Å². The van der Waals surface area contributed by atoms with Crippen molar-refractivity contribution < 1.29 is 18.3 Å². The Kier molecular flexibility index (Phi) is 2.15. The molecule has 0 aromatic carbocycles. The highest BCUT2D eigenvalue weighted by atomic mass is 19.4. The molecule has 1 heterocycles. The van der Waals surface area contributed by atoms with Crippen molar-refractivity contribution in [3.63, 3.8) is 0 Å². The first kappa shape index (κ1) is 10.1. The van der Waals surface area contributed by atoms with Gasteiger partial charge in [-0.15, -0.1) is 0 Å². The molecule has 0 aliphatic carbocycles. The van der Waals surface area contributed by atoms with Crippen LogP contribution in [0.2, 0.25) is 0 Å². The molecule has 1 atom stereocenters. The van der Waals surface area contributed by atoms with Gasteiger partial charge in [-0.05, 0) is 0 Å². The van der Waals surface area contributed by atoms with Gasteiger partial charge in [0.2, 0.25) is 0 Å². The Morgan fingerprint density at radius 3 is 2.31 bits per heavy atom. The molecular weight excluding hydrogens is 187 g/mol. The molecule has 0 radical (unpaired) electrons. The minimum absolute atomic E-state index is 0.0364. The van der Waals surface area contributed by atoms with Crippen LogP contribution in [0.15, 0.2) is 0 Å². The van der Waals surface area contributed by atoms with Crippen molar-refractivity contribution in [1.82, 2.24) is 4.90 Å². The zero-order valence-corrected chi connectivity index (χ0v) is 6.73. The Balaban J connectivity index is 2.72. The average molecular weight is 197 g/mol. The number of hydrogen-bond donors (Lipinski definition) is 3. The van der Waals surface area contributed by atoms with Gasteiger partial charge in [-0.2, -0.15) is 13.2 Å². The lowest BCUT2D eigenvalue weighted by molar-refractivity contribution is -0.253. The van der Waals surface area contributed by atoms with Gasteiger partial charge in [0, 0.05) is 13.0 Å². The van der Waals surface area contributed by atoms with E-state index in [2.05, 4.69) is 0 Å². The third-order valence-corrected chi connectivity index (χ3v) is 2.12. The summed E-state index contributed by atoms with van der Waals surface area (Å²) in [5.41, 5.74) is 2.28. The van der Waals surface area contributed by atoms with E-state index in [4.69, 9.17) is 16.2 Å². The molecule has 0 saturated carbocycles. The molecule has 1 saturated heterocycles. The molecule has 0 aromatic heterocycles. The van der Waals surface area contributed by atoms with Crippen molar-refractivity contribution in [3.05, 3.63) is 0 Å². The number of nitrogens with one attached hydrogen (secondary N) is 1. The Morgan fingerprint density at radius 1 is 1.54 bits per heavy atom. The summed E-state index contributed by atoms with van der Waals surface area (Å²) in [5.74, 6) is -0.444. The average Bonchev–Trinajstić information content (AvgIpc) is 2.31. The Labute approximate surface area is 72.6 Å². The number of nitrogens with zero attached hydrogens (tertiary/aromatic N) is 1. The van der Waals surface area contributed by atoms with Crippen LogP contribution in [0.1, 0.15) is 6.42 Å². The molecule has 1 aliphatic rings. The lowest BCUT2D eigenvalue weighted by Crippen LogP contribution is -2.48. The van der Waals surface area contributed by atoms with Crippen LogP contribution in [0.3, 0.4) is 0 Å². The second-order valence-corrected chi connectivity index (χ2v) is 3.09. The summed E-state index contributed by atoms with van der Waals surface area (Å²) in [4.78, 5) is 0.994. The molecule has 1 rings (SSSR count). The summed E-state index contributed by atoms with van der Waals surface area (Å²) in [6.45, 7) is -0.683. The van der Waals surface area contributed by atoms with Gasteiger partial charge in [0.15, 0.2) is 11.6 Å². The van der Waals surface area contributed by atoms with Gasteiger partial charge < -0.3 is 15.7 Å². The SMILES string of the molecule is N=C(N)N1CCC(O)(C(F)(F)F)C1. The van der Waals surface area contributed by atoms with Gasteiger partial charge >= 0.3 is 6.18 Å². The first-order chi connectivity index (χ1) is 5.76. The number of β-amino-alcohol motifs (C(OH)–C–C–N with tert-alkyl or cyclic N) is 1. The zero-order valence-electron chi connectivity index (χ0n) is 6.73. The van der Waals surface area contributed by atoms with E-state index in [1.807, 2.05) is 0 Å². The lowest BCUT2D eigenvalue weighted by Gasteiger charge is -2.25. The van der Waals surface area contributed by atoms with Gasteiger partial charge in [0.1, 0.15) is 0 Å². The van der Waals surface area contributed by atoms with E-state index in [1.165, 1.54) is 0 Å². The minimum Gasteiger partial charge on any atom is -0.379 e. The Hall–Kier alpha value is -0.980. The fraction of sp³-hybridized carbons (Fsp3) is 0.833. The van der Waals surface area contributed by atoms with Crippen molar-refractivity contribution in [2.24, 2.45) is 5.73 Å². The molecule has 0 bridgehead atoms. The van der Waals surface area contributed by atoms with Crippen LogP contribution in [0.25, 0.3) is 0 Å². The predicted octanol–water partition coefficient (Wildman–Crippen LogP) is -0.121. The molecule has 7 heteroatoms. The molecular formula is C6H10F3N3O. The second-order valence-electron chi connectivity index (χ2n) is 3.09. The monoisotopic (exact) mass is 197 g/mol. The molecule has 1 unspecified atom stereocenters. The molecule has 4 nitrogen and oxygen atoms in total. The van der Waals surface area contributed by atoms with Crippen LogP contribution in [-0.4, -0.2) is 40.8 Å². The largest absolute Gasteiger partial charge is 0.419 e. The Morgan fingerprint density at radius 2 is 2.08 bits per heavy atom. The number of halogens is 3. The summed E-state index contributed by atoms with van der Waals surface area (Å²) >= 11 is 0. The molecule has 1 fully saturated rings. The summed E-state index contributed by atoms with van der Waals surface area (Å²) in [5, 5.41) is 16.0. The third-order valence-electron chi connectivity index (χ3n) is 2.12. The number of likely N-dealkylation sites (tertiary alicyclic amines) is 1. The zero-order chi connectivity index (χ0) is 10.3. The summed E-state index contributed by atoms with van der Waals surface area (Å²) in [7, 11) is 0. The van der Waals surface area contributed by atoms with Gasteiger partial charge in [0.05, 0.1) is 6.54 Å². The highest BCUT2D eigenvalue weighted by Gasteiger charge is 2.57. The number of aliphatic hydroxyl groups is 1. The fourth-order valence-electron chi connectivity index (χ4n) is 1.23. The van der Waals surface area contributed by atoms with E-state index in [-0.39, 0.29) is 6.54 Å². The fourth-order valence-corrected chi connectivity index (χ4v) is 1.23. The van der Waals surface area contributed by atoms with Gasteiger partial charge in [-0.3, -0.25) is 5.41 Å². The van der Waals surface area contributed by atoms with Crippen LogP contribution < -0.4 is 5.73 Å². The van der Waals surface area contributed by atoms with Gasteiger partial charge in [0.25, 0.3) is 0 Å². The molecule has 0 aromatic rings. The van der Waals surface area contributed by atoms with Gasteiger partial charge in [-0.25, -0.2) is 0 Å². The minimum atomic E-state index is -4.66. The van der Waals surface area contributed by atoms with Crippen molar-refractivity contribution in [2.75, 3.05) is 13.1 Å². The predicted molar refractivity (Wildman–Crippen MR) is 39.1 cm³/mol. The van der Waals surface area contributed by atoms with E-state index in [9.17, 15) is 13.2 Å². The van der Waals surface area contributed by atoms with Crippen LogP contribution in [-0.2, 0) is 0 Å². The first-order valence-corrected chi connectivity index (χ1v) is 3.64. The lowest BCUT2D eigenvalue weighted by atomic mass is 10.0. The summed E-state index contributed by atoms with van der Waals surface area (Å²) in [6, 6.07) is 0. The van der Waals surface area contributed by atoms with Crippen molar-refractivity contribution in [1.29, 1.82) is 5.41 Å². The van der Waals surface area contributed by atoms with E-state index < -0.39 is 30.7 Å². The summed E-state index contributed by atoms with van der Waals surface area (Å²) < 4.78 is 36.6. The van der Waals surface area contributed by atoms with Crippen LogP contribution in [0.4, 0.5) is 13.2 Å². The molecule has 4 N–H and O–H groups in total. The molecule has 13 heavy (non-hydrogen) atoms. The van der Waals surface area contributed by atoms with E-state index >= 15 is 0 Å². The van der Waals surface area contributed by atoms with Crippen LogP contribution in [0.5, 0.6) is 0 Å². The number of rotatable bonds is 0. The smallest absolute Gasteiger partial charge is 0.379 e. The highest BCUT2D eigenvalue weighted by Crippen LogP contribution is 2.37. The first-order valence-electron chi connectivity index (χ1n) is 3.64. The van der Waals surface area contributed by atoms with E-state index in [1.54, 1.807) is 0 Å². The number of guanidine groups is 1. The quantitative estimate of drug-likeness (QED) is 0.374. The van der Waals surface area contributed by atoms with Crippen molar-refractivity contribution in [3.8, 4) is 0 Å². The molecule has 76 valence electrons. The van der Waals surface area contributed by atoms with Crippen LogP contribution in [0, 0.1) is 5.41 Å².